The van der Waals surface area contributed by atoms with Gasteiger partial charge in [0, 0.05) is 69.0 Å². The maximum Gasteiger partial charge on any atom is 0.337 e. The smallest absolute Gasteiger partial charge is 0.337 e. The van der Waals surface area contributed by atoms with Crippen LogP contribution in [0.1, 0.15) is 107 Å². The molecule has 0 spiro atoms. The minimum atomic E-state index is -1.78. The quantitative estimate of drug-likeness (QED) is 0.0105. The van der Waals surface area contributed by atoms with Crippen molar-refractivity contribution in [3.05, 3.63) is 238 Å². The Hall–Kier alpha value is -14.1. The normalized spacial score (nSPS) is 15.1. The Morgan fingerprint density at radius 3 is 0.912 bits per heavy atom. The van der Waals surface area contributed by atoms with Crippen LogP contribution in [0.2, 0.25) is 0 Å². The Morgan fingerprint density at radius 1 is 0.368 bits per heavy atom. The Labute approximate surface area is 647 Å². The van der Waals surface area contributed by atoms with Gasteiger partial charge in [-0.1, -0.05) is 84.9 Å². The molecule has 28 heteroatoms. The molecule has 576 valence electrons. The Kier molecular flexibility index (Phi) is 21.2. The standard InChI is InChI=1S/C86H68N4O24/c1-103-81(97)47-19-11-23-51(33-47)111-63-37-57-69-58(78(94)89(77(57)93)61(31-45-15-7-5-8-16-45)85(101)107-29-27-67(91)87-41-55-43-109-55)39-65(113-53-25-13-21-49(35-53)83(99)105-3)73-74-66(114-54-26-14-22-50(36-54)84(100)106-4)40-60-70-59(38-64(72(76(70)74)71(63)75(69)73)112-52-24-12-20-48(34-52)82(98)104-2)79(95)90(80(60)96)62(32-46-17-9-6-10-18-46)86(102)108-30-28-68(92)88-42-56-44-110-56/h5-26,33-40,55-56,61-62H,27-32,41-44H2,1-4H3,(H,87,91)(H,88,92). The molecular weight excluding hydrogens is 1470 g/mol. The predicted molar refractivity (Wildman–Crippen MR) is 405 cm³/mol. The number of nitrogens with one attached hydrogen (secondary N) is 2. The monoisotopic (exact) mass is 1540 g/mol. The highest BCUT2D eigenvalue weighted by atomic mass is 16.6. The number of imide groups is 2. The van der Waals surface area contributed by atoms with E-state index in [0.29, 0.717) is 24.3 Å². The van der Waals surface area contributed by atoms with Crippen molar-refractivity contribution in [2.45, 2.75) is 50.0 Å². The molecule has 11 aromatic rings. The van der Waals surface area contributed by atoms with Gasteiger partial charge in [0.1, 0.15) is 71.3 Å². The maximum absolute atomic E-state index is 16.6. The highest BCUT2D eigenvalue weighted by Gasteiger charge is 2.47. The van der Waals surface area contributed by atoms with E-state index in [1.165, 1.54) is 150 Å². The molecule has 0 bridgehead atoms. The number of esters is 6. The van der Waals surface area contributed by atoms with Crippen molar-refractivity contribution in [3.63, 3.8) is 0 Å². The zero-order valence-corrected chi connectivity index (χ0v) is 61.4. The summed E-state index contributed by atoms with van der Waals surface area (Å²) in [5, 5.41) is 4.69. The number of hydrogen-bond donors (Lipinski definition) is 2. The summed E-state index contributed by atoms with van der Waals surface area (Å²) in [6.45, 7) is 0.392. The van der Waals surface area contributed by atoms with Gasteiger partial charge < -0.3 is 67.5 Å². The van der Waals surface area contributed by atoms with E-state index in [0.717, 1.165) is 9.80 Å². The number of nitrogens with zero attached hydrogens (tertiary/aromatic N) is 2. The third-order valence-electron chi connectivity index (χ3n) is 19.6. The molecule has 114 heavy (non-hydrogen) atoms. The molecule has 11 aromatic carbocycles. The van der Waals surface area contributed by atoms with Crippen LogP contribution in [0.3, 0.4) is 0 Å². The number of rotatable bonds is 30. The van der Waals surface area contributed by atoms with Crippen molar-refractivity contribution in [1.82, 2.24) is 20.4 Å². The second kappa shape index (κ2) is 32.1. The highest BCUT2D eigenvalue weighted by molar-refractivity contribution is 6.45. The van der Waals surface area contributed by atoms with Gasteiger partial charge in [-0.05, 0) is 108 Å². The van der Waals surface area contributed by atoms with Gasteiger partial charge in [0.15, 0.2) is 0 Å². The lowest BCUT2D eigenvalue weighted by Gasteiger charge is -2.35. The second-order valence-electron chi connectivity index (χ2n) is 26.9. The SMILES string of the molecule is COC(=O)c1cccc(Oc2cc3c4c(cc(Oc5cccc(C(=O)OC)c5)c5c6c(Oc7cccc(C(=O)OC)c7)cc7c8c(cc(Oc9cccc(C(=O)OC)c9)c(c2c45)c86)C(=O)N(C(Cc2ccccc2)C(=O)OCCC(=O)NCC2CO2)C7=O)C(=O)N(C(Cc2ccccc2)C(=O)OCCC(=O)NCC2CO2)C3=O)c1. The van der Waals surface area contributed by atoms with Crippen molar-refractivity contribution < 1.29 is 114 Å². The molecule has 0 radical (unpaired) electrons. The van der Waals surface area contributed by atoms with E-state index < -0.39 is 96.6 Å². The summed E-state index contributed by atoms with van der Waals surface area (Å²) in [5.41, 5.74) is -0.349. The van der Waals surface area contributed by atoms with Crippen LogP contribution in [0.25, 0.3) is 43.1 Å². The number of methoxy groups -OCH3 is 4. The number of fused-ring (bicyclic) bond motifs is 2. The molecule has 15 rings (SSSR count). The first-order chi connectivity index (χ1) is 55.3. The number of carbonyl (C=O) groups is 12. The molecule has 0 aliphatic carbocycles. The van der Waals surface area contributed by atoms with Gasteiger partial charge in [-0.2, -0.15) is 0 Å². The summed E-state index contributed by atoms with van der Waals surface area (Å²) >= 11 is 0. The van der Waals surface area contributed by atoms with Crippen molar-refractivity contribution in [2.75, 3.05) is 68.0 Å². The minimum Gasteiger partial charge on any atom is -0.465 e. The predicted octanol–water partition coefficient (Wildman–Crippen LogP) is 11.4. The van der Waals surface area contributed by atoms with Gasteiger partial charge in [-0.15, -0.1) is 0 Å². The number of hydrogen-bond acceptors (Lipinski definition) is 24. The third-order valence-corrected chi connectivity index (χ3v) is 19.6. The number of benzene rings is 11. The van der Waals surface area contributed by atoms with E-state index in [9.17, 15) is 28.8 Å². The van der Waals surface area contributed by atoms with Crippen LogP contribution < -0.4 is 29.6 Å². The maximum atomic E-state index is 16.6. The van der Waals surface area contributed by atoms with Gasteiger partial charge in [-0.3, -0.25) is 38.6 Å². The average molecular weight is 1540 g/mol. The first-order valence-electron chi connectivity index (χ1n) is 36.0. The van der Waals surface area contributed by atoms with Gasteiger partial charge >= 0.3 is 35.8 Å². The van der Waals surface area contributed by atoms with Crippen molar-refractivity contribution in [3.8, 4) is 46.0 Å². The van der Waals surface area contributed by atoms with E-state index >= 15 is 28.8 Å². The van der Waals surface area contributed by atoms with Crippen LogP contribution in [0, 0.1) is 0 Å². The van der Waals surface area contributed by atoms with Crippen LogP contribution in [-0.4, -0.2) is 173 Å². The lowest BCUT2D eigenvalue weighted by molar-refractivity contribution is -0.150. The molecular formula is C86H68N4O24. The number of epoxide rings is 2. The summed E-state index contributed by atoms with van der Waals surface area (Å²) in [7, 11) is 4.69. The van der Waals surface area contributed by atoms with E-state index in [1.54, 1.807) is 60.7 Å². The molecule has 0 aromatic heterocycles. The summed E-state index contributed by atoms with van der Waals surface area (Å²) in [6.07, 6.45) is -1.61. The Bertz CT molecular complexity index is 5200. The van der Waals surface area contributed by atoms with Crippen LogP contribution in [0.4, 0.5) is 0 Å². The first-order valence-corrected chi connectivity index (χ1v) is 36.0. The number of carbonyl (C=O) groups excluding carboxylic acids is 12. The van der Waals surface area contributed by atoms with Crippen LogP contribution >= 0.6 is 0 Å². The molecule has 28 nitrogen and oxygen atoms in total. The lowest BCUT2D eigenvalue weighted by Crippen LogP contribution is -2.52. The lowest BCUT2D eigenvalue weighted by atomic mass is 9.80. The fourth-order valence-electron chi connectivity index (χ4n) is 14.1. The van der Waals surface area contributed by atoms with Crippen molar-refractivity contribution in [2.24, 2.45) is 0 Å². The molecule has 4 atom stereocenters. The van der Waals surface area contributed by atoms with Crippen LogP contribution in [0.5, 0.6) is 46.0 Å². The van der Waals surface area contributed by atoms with E-state index in [-0.39, 0.29) is 185 Å². The molecule has 2 fully saturated rings. The fraction of sp³-hybridized carbons (Fsp3) is 0.209. The summed E-state index contributed by atoms with van der Waals surface area (Å²) < 4.78 is 71.2. The zero-order valence-electron chi connectivity index (χ0n) is 61.4. The molecule has 0 saturated carbocycles. The number of ether oxygens (including phenoxy) is 12. The van der Waals surface area contributed by atoms with Gasteiger partial charge in [0.2, 0.25) is 11.8 Å². The molecule has 2 saturated heterocycles. The van der Waals surface area contributed by atoms with E-state index in [2.05, 4.69) is 10.6 Å². The van der Waals surface area contributed by atoms with Gasteiger partial charge in [-0.25, -0.2) is 28.8 Å². The number of amides is 6. The van der Waals surface area contributed by atoms with Gasteiger partial charge in [0.05, 0.1) is 111 Å². The minimum absolute atomic E-state index is 0.0134. The summed E-state index contributed by atoms with van der Waals surface area (Å²) in [4.78, 5) is 178. The third kappa shape index (κ3) is 15.2. The average Bonchev–Trinajstić information content (AvgIpc) is 1.20. The molecule has 4 aliphatic heterocycles. The molecule has 2 N–H and O–H groups in total. The van der Waals surface area contributed by atoms with Crippen LogP contribution in [-0.2, 0) is 69.9 Å². The molecule has 4 heterocycles. The Balaban J connectivity index is 1.05. The van der Waals surface area contributed by atoms with E-state index in [4.69, 9.17) is 56.8 Å². The Morgan fingerprint density at radius 2 is 0.649 bits per heavy atom. The highest BCUT2D eigenvalue weighted by Crippen LogP contribution is 2.58. The summed E-state index contributed by atoms with van der Waals surface area (Å²) in [6, 6.07) is 41.6. The van der Waals surface area contributed by atoms with E-state index in [1.807, 2.05) is 0 Å². The molecule has 4 aliphatic rings. The molecule has 6 amide bonds. The second-order valence-corrected chi connectivity index (χ2v) is 26.9. The fourth-order valence-corrected chi connectivity index (χ4v) is 14.1. The largest absolute Gasteiger partial charge is 0.465 e. The van der Waals surface area contributed by atoms with Crippen molar-refractivity contribution in [1.29, 1.82) is 0 Å². The molecule has 4 unspecified atom stereocenters. The van der Waals surface area contributed by atoms with Gasteiger partial charge in [0.25, 0.3) is 23.6 Å². The van der Waals surface area contributed by atoms with Crippen molar-refractivity contribution >= 4 is 114 Å². The summed E-state index contributed by atoms with van der Waals surface area (Å²) in [5.74, 6) is -12.1. The zero-order chi connectivity index (χ0) is 79.6. The topological polar surface area (TPSA) is 353 Å². The first kappa shape index (κ1) is 75.3. The van der Waals surface area contributed by atoms with Crippen LogP contribution in [0.15, 0.2) is 182 Å².